The molecule has 0 aromatic carbocycles. The fourth-order valence-corrected chi connectivity index (χ4v) is 11.7. The molecular weight excluding hydrogens is 915 g/mol. The molecule has 0 heterocycles. The first-order valence-corrected chi connectivity index (χ1v) is 35.4. The van der Waals surface area contributed by atoms with Crippen molar-refractivity contribution in [1.29, 1.82) is 0 Å². The van der Waals surface area contributed by atoms with E-state index in [1.807, 2.05) is 6.08 Å². The number of aliphatic hydroxyl groups excluding tert-OH is 2. The van der Waals surface area contributed by atoms with Crippen LogP contribution in [0.5, 0.6) is 0 Å². The molecule has 0 spiro atoms. The van der Waals surface area contributed by atoms with Crippen LogP contribution in [0.1, 0.15) is 418 Å². The Balaban J connectivity index is 3.37. The van der Waals surface area contributed by atoms with Gasteiger partial charge in [-0.15, -0.1) is 0 Å². The van der Waals surface area contributed by atoms with Crippen molar-refractivity contribution >= 4 is 5.91 Å². The quantitative estimate of drug-likeness (QED) is 0.0420. The molecule has 0 aromatic heterocycles. The lowest BCUT2D eigenvalue weighted by atomic mass is 10.0. The first-order chi connectivity index (χ1) is 37.2. The summed E-state index contributed by atoms with van der Waals surface area (Å²) in [6.07, 6.45) is 90.3. The first-order valence-electron chi connectivity index (χ1n) is 35.4. The highest BCUT2D eigenvalue weighted by molar-refractivity contribution is 5.76. The minimum Gasteiger partial charge on any atom is -0.394 e. The van der Waals surface area contributed by atoms with Gasteiger partial charge in [0.15, 0.2) is 0 Å². The van der Waals surface area contributed by atoms with Crippen molar-refractivity contribution in [2.45, 2.75) is 431 Å². The average Bonchev–Trinajstić information content (AvgIpc) is 3.41. The minimum absolute atomic E-state index is 0.0530. The minimum atomic E-state index is -0.837. The molecule has 0 fully saturated rings. The van der Waals surface area contributed by atoms with E-state index in [0.717, 1.165) is 25.7 Å². The third kappa shape index (κ3) is 63.8. The van der Waals surface area contributed by atoms with Crippen LogP contribution in [0, 0.1) is 0 Å². The molecule has 0 radical (unpaired) electrons. The molecule has 2 unspecified atom stereocenters. The summed E-state index contributed by atoms with van der Waals surface area (Å²) in [5, 5.41) is 23.3. The number of carbonyl (C=O) groups is 1. The van der Waals surface area contributed by atoms with Gasteiger partial charge in [0, 0.05) is 6.42 Å². The second kappa shape index (κ2) is 67.4. The summed E-state index contributed by atoms with van der Waals surface area (Å²) in [5.41, 5.74) is 0. The maximum atomic E-state index is 12.5. The summed E-state index contributed by atoms with van der Waals surface area (Å²) < 4.78 is 0. The number of unbranched alkanes of at least 4 members (excludes halogenated alkanes) is 60. The van der Waals surface area contributed by atoms with Gasteiger partial charge in [0.1, 0.15) is 0 Å². The Hall–Kier alpha value is -0.870. The fraction of sp³-hybridized carbons (Fsp3) is 0.958. The molecule has 4 heteroatoms. The van der Waals surface area contributed by atoms with Gasteiger partial charge in [0.2, 0.25) is 5.91 Å². The average molecular weight is 1060 g/mol. The molecule has 0 aliphatic rings. The lowest BCUT2D eigenvalue weighted by Gasteiger charge is -2.20. The van der Waals surface area contributed by atoms with Crippen molar-refractivity contribution in [2.24, 2.45) is 0 Å². The number of hydrogen-bond donors (Lipinski definition) is 3. The molecular formula is C71H141NO3. The molecule has 0 saturated carbocycles. The Bertz CT molecular complexity index is 1060. The standard InChI is InChI=1S/C71H141NO3/c1-3-5-7-9-11-13-15-17-19-21-23-25-27-29-30-31-32-33-34-35-36-37-38-39-40-41-43-45-47-49-51-53-55-57-59-61-63-65-67-71(75)72-69(68-73)70(74)66-64-62-60-58-56-54-52-50-48-46-44-42-28-26-24-22-20-18-16-14-12-10-8-6-4-2/h64,66,69-70,73-74H,3-63,65,67-68H2,1-2H3,(H,72,75)/b66-64+. The number of hydrogen-bond acceptors (Lipinski definition) is 3. The Morgan fingerprint density at radius 3 is 0.693 bits per heavy atom. The van der Waals surface area contributed by atoms with E-state index in [1.54, 1.807) is 6.08 Å². The molecule has 4 nitrogen and oxygen atoms in total. The highest BCUT2D eigenvalue weighted by atomic mass is 16.3. The summed E-state index contributed by atoms with van der Waals surface area (Å²) in [7, 11) is 0. The number of carbonyl (C=O) groups excluding carboxylic acids is 1. The van der Waals surface area contributed by atoms with Gasteiger partial charge in [-0.3, -0.25) is 4.79 Å². The lowest BCUT2D eigenvalue weighted by molar-refractivity contribution is -0.123. The van der Waals surface area contributed by atoms with Crippen LogP contribution in [0.3, 0.4) is 0 Å². The van der Waals surface area contributed by atoms with Crippen molar-refractivity contribution < 1.29 is 15.0 Å². The Kier molecular flexibility index (Phi) is 66.6. The van der Waals surface area contributed by atoms with Crippen LogP contribution in [0.4, 0.5) is 0 Å². The molecule has 0 aliphatic carbocycles. The van der Waals surface area contributed by atoms with E-state index in [1.165, 1.54) is 372 Å². The van der Waals surface area contributed by atoms with Crippen LogP contribution in [0.25, 0.3) is 0 Å². The molecule has 448 valence electrons. The number of aliphatic hydroxyl groups is 2. The molecule has 0 aromatic rings. The molecule has 0 rings (SSSR count). The second-order valence-electron chi connectivity index (χ2n) is 24.7. The van der Waals surface area contributed by atoms with E-state index < -0.39 is 12.1 Å². The van der Waals surface area contributed by atoms with Crippen LogP contribution < -0.4 is 5.32 Å². The van der Waals surface area contributed by atoms with E-state index in [4.69, 9.17) is 0 Å². The smallest absolute Gasteiger partial charge is 0.220 e. The number of allylic oxidation sites excluding steroid dienone is 1. The number of nitrogens with one attached hydrogen (secondary N) is 1. The van der Waals surface area contributed by atoms with E-state index in [0.29, 0.717) is 6.42 Å². The Morgan fingerprint density at radius 1 is 0.307 bits per heavy atom. The highest BCUT2D eigenvalue weighted by Crippen LogP contribution is 2.20. The van der Waals surface area contributed by atoms with Gasteiger partial charge >= 0.3 is 0 Å². The molecule has 0 aliphatic heterocycles. The summed E-state index contributed by atoms with van der Waals surface area (Å²) in [5.74, 6) is -0.0530. The zero-order valence-electron chi connectivity index (χ0n) is 51.9. The monoisotopic (exact) mass is 1060 g/mol. The van der Waals surface area contributed by atoms with Crippen LogP contribution >= 0.6 is 0 Å². The predicted molar refractivity (Wildman–Crippen MR) is 336 cm³/mol. The third-order valence-corrected chi connectivity index (χ3v) is 17.0. The molecule has 1 amide bonds. The summed E-state index contributed by atoms with van der Waals surface area (Å²) in [4.78, 5) is 12.5. The van der Waals surface area contributed by atoms with Crippen molar-refractivity contribution in [3.63, 3.8) is 0 Å². The van der Waals surface area contributed by atoms with Gasteiger partial charge in [-0.1, -0.05) is 405 Å². The van der Waals surface area contributed by atoms with Gasteiger partial charge in [0.25, 0.3) is 0 Å². The number of rotatable bonds is 67. The molecule has 3 N–H and O–H groups in total. The lowest BCUT2D eigenvalue weighted by Crippen LogP contribution is -2.45. The summed E-state index contributed by atoms with van der Waals surface area (Å²) >= 11 is 0. The Labute approximate surface area is 473 Å². The van der Waals surface area contributed by atoms with Crippen molar-refractivity contribution in [3.8, 4) is 0 Å². The van der Waals surface area contributed by atoms with Gasteiger partial charge in [-0.25, -0.2) is 0 Å². The summed E-state index contributed by atoms with van der Waals surface area (Å²) in [6.45, 7) is 4.37. The first kappa shape index (κ1) is 74.1. The van der Waals surface area contributed by atoms with Gasteiger partial charge < -0.3 is 15.5 Å². The summed E-state index contributed by atoms with van der Waals surface area (Å²) in [6, 6.07) is -0.620. The second-order valence-corrected chi connectivity index (χ2v) is 24.7. The maximum Gasteiger partial charge on any atom is 0.220 e. The molecule has 75 heavy (non-hydrogen) atoms. The van der Waals surface area contributed by atoms with Gasteiger partial charge in [-0.2, -0.15) is 0 Å². The van der Waals surface area contributed by atoms with Crippen LogP contribution in [-0.4, -0.2) is 34.9 Å². The van der Waals surface area contributed by atoms with Crippen molar-refractivity contribution in [3.05, 3.63) is 12.2 Å². The normalized spacial score (nSPS) is 12.6. The van der Waals surface area contributed by atoms with Crippen LogP contribution in [-0.2, 0) is 4.79 Å². The van der Waals surface area contributed by atoms with E-state index in [-0.39, 0.29) is 12.5 Å². The Morgan fingerprint density at radius 2 is 0.493 bits per heavy atom. The highest BCUT2D eigenvalue weighted by Gasteiger charge is 2.18. The van der Waals surface area contributed by atoms with Crippen LogP contribution in [0.15, 0.2) is 12.2 Å². The molecule has 0 saturated heterocycles. The SMILES string of the molecule is CCCCCCCCCCCCCCCCCCCCCCCCC/C=C/C(O)C(CO)NC(=O)CCCCCCCCCCCCCCCCCCCCCCCCCCCCCCCCCCCCCCCC. The topological polar surface area (TPSA) is 69.6 Å². The van der Waals surface area contributed by atoms with E-state index >= 15 is 0 Å². The van der Waals surface area contributed by atoms with E-state index in [2.05, 4.69) is 19.2 Å². The predicted octanol–water partition coefficient (Wildman–Crippen LogP) is 24.0. The third-order valence-electron chi connectivity index (χ3n) is 17.0. The molecule has 2 atom stereocenters. The largest absolute Gasteiger partial charge is 0.394 e. The van der Waals surface area contributed by atoms with Crippen molar-refractivity contribution in [1.82, 2.24) is 5.32 Å². The maximum absolute atomic E-state index is 12.5. The van der Waals surface area contributed by atoms with E-state index in [9.17, 15) is 15.0 Å². The number of amides is 1. The van der Waals surface area contributed by atoms with Gasteiger partial charge in [-0.05, 0) is 19.3 Å². The van der Waals surface area contributed by atoms with Crippen LogP contribution in [0.2, 0.25) is 0 Å². The fourth-order valence-electron chi connectivity index (χ4n) is 11.7. The van der Waals surface area contributed by atoms with Gasteiger partial charge in [0.05, 0.1) is 18.8 Å². The molecule has 0 bridgehead atoms. The zero-order valence-corrected chi connectivity index (χ0v) is 51.9. The van der Waals surface area contributed by atoms with Crippen molar-refractivity contribution in [2.75, 3.05) is 6.61 Å². The zero-order chi connectivity index (χ0) is 54.1.